The number of benzene rings is 2. The Morgan fingerprint density at radius 2 is 1.94 bits per heavy atom. The van der Waals surface area contributed by atoms with E-state index >= 15 is 0 Å². The molecule has 1 saturated carbocycles. The van der Waals surface area contributed by atoms with Gasteiger partial charge in [-0.2, -0.15) is 4.31 Å². The van der Waals surface area contributed by atoms with E-state index in [1.807, 2.05) is 42.5 Å². The maximum Gasteiger partial charge on any atom is 0.303 e. The average molecular weight is 497 g/mol. The second-order valence-corrected chi connectivity index (χ2v) is 12.6. The molecule has 2 heterocycles. The zero-order valence-electron chi connectivity index (χ0n) is 20.4. The molecular weight excluding hydrogens is 464 g/mol. The topological polar surface area (TPSA) is 76.1 Å². The number of rotatable bonds is 5. The van der Waals surface area contributed by atoms with Crippen LogP contribution in [0, 0.1) is 0 Å². The maximum absolute atomic E-state index is 13.6. The van der Waals surface area contributed by atoms with Gasteiger partial charge in [0, 0.05) is 19.5 Å². The minimum absolute atomic E-state index is 0.0271. The minimum atomic E-state index is -3.60. The second-order valence-electron chi connectivity index (χ2n) is 10.6. The average Bonchev–Trinajstić information content (AvgIpc) is 3.16. The number of likely N-dealkylation sites (tertiary alicyclic amines) is 1. The molecule has 0 aromatic heterocycles. The SMILES string of the molecule is CC(=O)O[C@@]12CC[C@@H](N(C)S(=O)(=O)Cc3ccccc3)[C@@H]3Oc4cccc5c4[C@@]31CCN(C)[C@@H]2C5. The molecule has 4 aliphatic rings. The van der Waals surface area contributed by atoms with Gasteiger partial charge in [0.1, 0.15) is 17.5 Å². The molecule has 2 aromatic rings. The van der Waals surface area contributed by atoms with Gasteiger partial charge in [-0.3, -0.25) is 9.69 Å². The first-order valence-corrected chi connectivity index (χ1v) is 14.0. The van der Waals surface area contributed by atoms with Gasteiger partial charge >= 0.3 is 5.97 Å². The molecule has 1 spiro atoms. The number of carbonyl (C=O) groups excluding carboxylic acids is 1. The summed E-state index contributed by atoms with van der Waals surface area (Å²) in [5.41, 5.74) is 1.81. The summed E-state index contributed by atoms with van der Waals surface area (Å²) in [4.78, 5) is 14.8. The molecule has 5 atom stereocenters. The van der Waals surface area contributed by atoms with Crippen molar-refractivity contribution in [1.29, 1.82) is 0 Å². The Morgan fingerprint density at radius 3 is 2.69 bits per heavy atom. The van der Waals surface area contributed by atoms with Crippen LogP contribution >= 0.6 is 0 Å². The summed E-state index contributed by atoms with van der Waals surface area (Å²) in [6.45, 7) is 2.32. The van der Waals surface area contributed by atoms with Crippen LogP contribution in [0.5, 0.6) is 5.75 Å². The Morgan fingerprint density at radius 1 is 1.17 bits per heavy atom. The lowest BCUT2D eigenvalue weighted by atomic mass is 9.48. The fraction of sp³-hybridized carbons (Fsp3) is 0.519. The summed E-state index contributed by atoms with van der Waals surface area (Å²) in [5, 5.41) is 0. The predicted molar refractivity (Wildman–Crippen MR) is 132 cm³/mol. The van der Waals surface area contributed by atoms with Gasteiger partial charge in [0.2, 0.25) is 10.0 Å². The quantitative estimate of drug-likeness (QED) is 0.593. The number of sulfonamides is 1. The molecule has 2 aliphatic carbocycles. The molecule has 7 nitrogen and oxygen atoms in total. The van der Waals surface area contributed by atoms with Crippen LogP contribution in [0.15, 0.2) is 48.5 Å². The first-order valence-electron chi connectivity index (χ1n) is 12.4. The molecule has 2 aliphatic heterocycles. The molecule has 8 heteroatoms. The number of nitrogens with zero attached hydrogens (tertiary/aromatic N) is 2. The normalized spacial score (nSPS) is 33.2. The van der Waals surface area contributed by atoms with E-state index in [0.29, 0.717) is 12.8 Å². The van der Waals surface area contributed by atoms with E-state index in [0.717, 1.165) is 36.3 Å². The third kappa shape index (κ3) is 3.09. The van der Waals surface area contributed by atoms with Crippen molar-refractivity contribution in [2.45, 2.75) is 67.6 Å². The smallest absolute Gasteiger partial charge is 0.303 e. The van der Waals surface area contributed by atoms with E-state index < -0.39 is 27.1 Å². The third-order valence-electron chi connectivity index (χ3n) is 8.98. The summed E-state index contributed by atoms with van der Waals surface area (Å²) in [6, 6.07) is 15.1. The highest BCUT2D eigenvalue weighted by Crippen LogP contribution is 2.65. The lowest BCUT2D eigenvalue weighted by molar-refractivity contribution is -0.218. The standard InChI is InChI=1S/C27H32N2O5S/c1-18(30)34-27-13-12-21(29(3)35(31,32)17-19-8-5-4-6-9-19)25-26(27)14-15-28(2)23(27)16-20-10-7-11-22(33-25)24(20)26/h4-11,21,23,25H,12-17H2,1-3H3/t21-,23-,25+,26+,27-/m1/s1. The Kier molecular flexibility index (Phi) is 5.12. The van der Waals surface area contributed by atoms with Crippen LogP contribution in [0.1, 0.15) is 42.9 Å². The molecule has 186 valence electrons. The van der Waals surface area contributed by atoms with Crippen molar-refractivity contribution in [1.82, 2.24) is 9.21 Å². The van der Waals surface area contributed by atoms with E-state index in [1.54, 1.807) is 7.05 Å². The Labute approximate surface area is 207 Å². The van der Waals surface area contributed by atoms with Crippen LogP contribution in [0.4, 0.5) is 0 Å². The molecule has 0 radical (unpaired) electrons. The Bertz CT molecular complexity index is 1280. The van der Waals surface area contributed by atoms with Gasteiger partial charge in [-0.05, 0) is 56.5 Å². The summed E-state index contributed by atoms with van der Waals surface area (Å²) in [6.07, 6.45) is 2.30. The predicted octanol–water partition coefficient (Wildman–Crippen LogP) is 2.87. The molecule has 35 heavy (non-hydrogen) atoms. The maximum atomic E-state index is 13.6. The van der Waals surface area contributed by atoms with Crippen molar-refractivity contribution < 1.29 is 22.7 Å². The highest BCUT2D eigenvalue weighted by Gasteiger charge is 2.75. The van der Waals surface area contributed by atoms with Crippen molar-refractivity contribution in [3.8, 4) is 5.75 Å². The summed E-state index contributed by atoms with van der Waals surface area (Å²) < 4.78 is 41.7. The fourth-order valence-electron chi connectivity index (χ4n) is 7.60. The molecule has 0 N–H and O–H groups in total. The van der Waals surface area contributed by atoms with Crippen molar-refractivity contribution in [2.24, 2.45) is 0 Å². The number of piperidine rings is 1. The van der Waals surface area contributed by atoms with Gasteiger partial charge in [0.15, 0.2) is 0 Å². The largest absolute Gasteiger partial charge is 0.487 e. The van der Waals surface area contributed by atoms with E-state index in [9.17, 15) is 13.2 Å². The van der Waals surface area contributed by atoms with Crippen LogP contribution in [-0.4, -0.2) is 68.0 Å². The zero-order valence-corrected chi connectivity index (χ0v) is 21.3. The number of ether oxygens (including phenoxy) is 2. The zero-order chi connectivity index (χ0) is 24.6. The summed E-state index contributed by atoms with van der Waals surface area (Å²) in [5.74, 6) is 0.465. The van der Waals surface area contributed by atoms with Gasteiger partial charge in [0.25, 0.3) is 0 Å². The fourth-order valence-corrected chi connectivity index (χ4v) is 9.04. The van der Waals surface area contributed by atoms with Crippen molar-refractivity contribution >= 4 is 16.0 Å². The molecule has 2 bridgehead atoms. The van der Waals surface area contributed by atoms with Crippen LogP contribution in [0.2, 0.25) is 0 Å². The summed E-state index contributed by atoms with van der Waals surface area (Å²) in [7, 11) is 0.186. The minimum Gasteiger partial charge on any atom is -0.487 e. The molecule has 6 rings (SSSR count). The summed E-state index contributed by atoms with van der Waals surface area (Å²) >= 11 is 0. The van der Waals surface area contributed by atoms with Crippen LogP contribution < -0.4 is 4.74 Å². The van der Waals surface area contributed by atoms with Gasteiger partial charge in [-0.15, -0.1) is 0 Å². The second kappa shape index (κ2) is 7.79. The molecule has 2 fully saturated rings. The number of likely N-dealkylation sites (N-methyl/N-ethyl adjacent to an activating group) is 2. The number of hydrogen-bond acceptors (Lipinski definition) is 6. The first-order chi connectivity index (χ1) is 16.7. The Balaban J connectivity index is 1.46. The lowest BCUT2D eigenvalue weighted by Gasteiger charge is -2.65. The van der Waals surface area contributed by atoms with Crippen molar-refractivity contribution in [3.63, 3.8) is 0 Å². The Hall–Kier alpha value is -2.42. The van der Waals surface area contributed by atoms with Gasteiger partial charge in [0.05, 0.1) is 23.3 Å². The van der Waals surface area contributed by atoms with Crippen molar-refractivity contribution in [2.75, 3.05) is 20.6 Å². The molecule has 1 saturated heterocycles. The first kappa shape index (κ1) is 23.0. The lowest BCUT2D eigenvalue weighted by Crippen LogP contribution is -2.78. The molecule has 0 unspecified atom stereocenters. The molecular formula is C27H32N2O5S. The monoisotopic (exact) mass is 496 g/mol. The van der Waals surface area contributed by atoms with E-state index in [4.69, 9.17) is 9.47 Å². The van der Waals surface area contributed by atoms with Gasteiger partial charge < -0.3 is 9.47 Å². The number of esters is 1. The number of carbonyl (C=O) groups is 1. The van der Waals surface area contributed by atoms with Gasteiger partial charge in [-0.1, -0.05) is 42.5 Å². The van der Waals surface area contributed by atoms with E-state index in [1.165, 1.54) is 16.8 Å². The number of hydrogen-bond donors (Lipinski definition) is 0. The third-order valence-corrected chi connectivity index (χ3v) is 10.8. The highest BCUT2D eigenvalue weighted by atomic mass is 32.2. The van der Waals surface area contributed by atoms with Crippen LogP contribution in [0.3, 0.4) is 0 Å². The van der Waals surface area contributed by atoms with Crippen LogP contribution in [-0.2, 0) is 37.1 Å². The van der Waals surface area contributed by atoms with Crippen LogP contribution in [0.25, 0.3) is 0 Å². The van der Waals surface area contributed by atoms with E-state index in [2.05, 4.69) is 18.0 Å². The molecule has 2 aromatic carbocycles. The molecule has 0 amide bonds. The van der Waals surface area contributed by atoms with E-state index in [-0.39, 0.29) is 23.8 Å². The van der Waals surface area contributed by atoms with Crippen molar-refractivity contribution in [3.05, 3.63) is 65.2 Å². The highest BCUT2D eigenvalue weighted by molar-refractivity contribution is 7.88. The van der Waals surface area contributed by atoms with Gasteiger partial charge in [-0.25, -0.2) is 8.42 Å².